The van der Waals surface area contributed by atoms with Crippen LogP contribution >= 0.6 is 0 Å². The Hall–Kier alpha value is -1.23. The molecule has 1 aliphatic carbocycles. The van der Waals surface area contributed by atoms with Crippen LogP contribution in [0.5, 0.6) is 0 Å². The largest absolute Gasteiger partial charge is 0.382 e. The molecule has 1 fully saturated rings. The lowest BCUT2D eigenvalue weighted by molar-refractivity contribution is 0.606. The van der Waals surface area contributed by atoms with Crippen LogP contribution in [0.15, 0.2) is 18.2 Å². The molecule has 0 heterocycles. The maximum atomic E-state index is 11.3. The van der Waals surface area contributed by atoms with Crippen LogP contribution in [0.2, 0.25) is 0 Å². The lowest BCUT2D eigenvalue weighted by Gasteiger charge is -2.19. The highest BCUT2D eigenvalue weighted by atomic mass is 32.2. The lowest BCUT2D eigenvalue weighted by Crippen LogP contribution is -2.18. The second-order valence-electron chi connectivity index (χ2n) is 5.74. The van der Waals surface area contributed by atoms with E-state index in [9.17, 15) is 8.42 Å². The first-order valence-electron chi connectivity index (χ1n) is 7.29. The second-order valence-corrected chi connectivity index (χ2v) is 7.49. The Morgan fingerprint density at radius 3 is 2.30 bits per heavy atom. The summed E-state index contributed by atoms with van der Waals surface area (Å²) in [5.41, 5.74) is 2.67. The first-order valence-corrected chi connectivity index (χ1v) is 9.18. The fourth-order valence-corrected chi connectivity index (χ4v) is 3.36. The van der Waals surface area contributed by atoms with Crippen molar-refractivity contribution in [3.63, 3.8) is 0 Å². The normalized spacial score (nSPS) is 17.5. The number of sulfonamides is 1. The van der Waals surface area contributed by atoms with Gasteiger partial charge in [-0.3, -0.25) is 4.72 Å². The summed E-state index contributed by atoms with van der Waals surface area (Å²) in [4.78, 5) is 0. The molecule has 20 heavy (non-hydrogen) atoms. The van der Waals surface area contributed by atoms with Crippen molar-refractivity contribution in [2.75, 3.05) is 16.3 Å². The van der Waals surface area contributed by atoms with Gasteiger partial charge in [-0.1, -0.05) is 25.7 Å². The van der Waals surface area contributed by atoms with E-state index in [4.69, 9.17) is 0 Å². The number of benzene rings is 1. The molecule has 0 aliphatic heterocycles. The molecule has 0 saturated heterocycles. The molecule has 1 saturated carbocycles. The SMILES string of the molecule is Cc1cc(NC2CCCCCC2)ccc1NS(C)(=O)=O. The van der Waals surface area contributed by atoms with Gasteiger partial charge in [0.15, 0.2) is 0 Å². The number of nitrogens with one attached hydrogen (secondary N) is 2. The van der Waals surface area contributed by atoms with Crippen molar-refractivity contribution in [2.45, 2.75) is 51.5 Å². The van der Waals surface area contributed by atoms with Gasteiger partial charge in [0, 0.05) is 11.7 Å². The molecule has 0 bridgehead atoms. The summed E-state index contributed by atoms with van der Waals surface area (Å²) in [6, 6.07) is 6.34. The topological polar surface area (TPSA) is 58.2 Å². The first kappa shape index (κ1) is 15.2. The first-order chi connectivity index (χ1) is 9.44. The number of hydrogen-bond donors (Lipinski definition) is 2. The van der Waals surface area contributed by atoms with Gasteiger partial charge in [-0.2, -0.15) is 0 Å². The van der Waals surface area contributed by atoms with E-state index in [1.165, 1.54) is 44.8 Å². The predicted molar refractivity (Wildman–Crippen MR) is 84.8 cm³/mol. The molecule has 5 heteroatoms. The fraction of sp³-hybridized carbons (Fsp3) is 0.600. The van der Waals surface area contributed by atoms with Gasteiger partial charge in [0.25, 0.3) is 0 Å². The Kier molecular flexibility index (Phi) is 4.91. The van der Waals surface area contributed by atoms with Crippen LogP contribution in [0, 0.1) is 6.92 Å². The van der Waals surface area contributed by atoms with Crippen LogP contribution in [0.4, 0.5) is 11.4 Å². The van der Waals surface area contributed by atoms with Crippen molar-refractivity contribution >= 4 is 21.4 Å². The molecular weight excluding hydrogens is 272 g/mol. The molecule has 0 aromatic heterocycles. The van der Waals surface area contributed by atoms with Gasteiger partial charge >= 0.3 is 0 Å². The maximum absolute atomic E-state index is 11.3. The minimum atomic E-state index is -3.21. The summed E-state index contributed by atoms with van der Waals surface area (Å²) in [7, 11) is -3.21. The zero-order valence-electron chi connectivity index (χ0n) is 12.3. The Morgan fingerprint density at radius 1 is 1.10 bits per heavy atom. The third-order valence-corrected chi connectivity index (χ3v) is 4.34. The average molecular weight is 296 g/mol. The Bertz CT molecular complexity index is 547. The third-order valence-electron chi connectivity index (χ3n) is 3.75. The molecule has 0 spiro atoms. The minimum absolute atomic E-state index is 0.547. The van der Waals surface area contributed by atoms with E-state index in [2.05, 4.69) is 10.0 Å². The number of rotatable bonds is 4. The van der Waals surface area contributed by atoms with Crippen LogP contribution in [0.3, 0.4) is 0 Å². The molecule has 1 aromatic rings. The summed E-state index contributed by atoms with van der Waals surface area (Å²) in [5.74, 6) is 0. The summed E-state index contributed by atoms with van der Waals surface area (Å²) < 4.78 is 25.1. The van der Waals surface area contributed by atoms with Crippen LogP contribution in [0.25, 0.3) is 0 Å². The van der Waals surface area contributed by atoms with E-state index < -0.39 is 10.0 Å². The van der Waals surface area contributed by atoms with Gasteiger partial charge in [-0.15, -0.1) is 0 Å². The van der Waals surface area contributed by atoms with Gasteiger partial charge in [-0.25, -0.2) is 8.42 Å². The maximum Gasteiger partial charge on any atom is 0.229 e. The molecule has 1 aliphatic rings. The van der Waals surface area contributed by atoms with Gasteiger partial charge in [0.05, 0.1) is 11.9 Å². The van der Waals surface area contributed by atoms with Crippen molar-refractivity contribution in [1.29, 1.82) is 0 Å². The summed E-state index contributed by atoms with van der Waals surface area (Å²) in [5, 5.41) is 3.57. The summed E-state index contributed by atoms with van der Waals surface area (Å²) in [6.45, 7) is 1.92. The van der Waals surface area contributed by atoms with Crippen molar-refractivity contribution in [3.8, 4) is 0 Å². The van der Waals surface area contributed by atoms with Crippen LogP contribution in [0.1, 0.15) is 44.1 Å². The molecule has 4 nitrogen and oxygen atoms in total. The highest BCUT2D eigenvalue weighted by Gasteiger charge is 2.12. The van der Waals surface area contributed by atoms with E-state index >= 15 is 0 Å². The van der Waals surface area contributed by atoms with Crippen molar-refractivity contribution in [3.05, 3.63) is 23.8 Å². The molecular formula is C15H24N2O2S. The molecule has 1 aromatic carbocycles. The second kappa shape index (κ2) is 6.48. The van der Waals surface area contributed by atoms with Crippen molar-refractivity contribution in [2.24, 2.45) is 0 Å². The zero-order valence-corrected chi connectivity index (χ0v) is 13.1. The van der Waals surface area contributed by atoms with Crippen LogP contribution < -0.4 is 10.0 Å². The van der Waals surface area contributed by atoms with Gasteiger partial charge in [0.2, 0.25) is 10.0 Å². The fourth-order valence-electron chi connectivity index (χ4n) is 2.73. The van der Waals surface area contributed by atoms with E-state index in [-0.39, 0.29) is 0 Å². The molecule has 0 amide bonds. The minimum Gasteiger partial charge on any atom is -0.382 e. The summed E-state index contributed by atoms with van der Waals surface area (Å²) >= 11 is 0. The molecule has 112 valence electrons. The highest BCUT2D eigenvalue weighted by Crippen LogP contribution is 2.24. The molecule has 0 atom stereocenters. The number of anilines is 2. The van der Waals surface area contributed by atoms with Crippen LogP contribution in [-0.4, -0.2) is 20.7 Å². The van der Waals surface area contributed by atoms with E-state index in [1.807, 2.05) is 25.1 Å². The predicted octanol–water partition coefficient (Wildman–Crippen LogP) is 3.50. The Morgan fingerprint density at radius 2 is 1.75 bits per heavy atom. The smallest absolute Gasteiger partial charge is 0.229 e. The van der Waals surface area contributed by atoms with Crippen molar-refractivity contribution in [1.82, 2.24) is 0 Å². The van der Waals surface area contributed by atoms with Crippen LogP contribution in [-0.2, 0) is 10.0 Å². The molecule has 2 rings (SSSR count). The molecule has 2 N–H and O–H groups in total. The van der Waals surface area contributed by atoms with E-state index in [0.29, 0.717) is 11.7 Å². The number of hydrogen-bond acceptors (Lipinski definition) is 3. The average Bonchev–Trinajstić information content (AvgIpc) is 2.60. The molecule has 0 unspecified atom stereocenters. The summed E-state index contributed by atoms with van der Waals surface area (Å²) in [6.07, 6.45) is 8.90. The van der Waals surface area contributed by atoms with Gasteiger partial charge < -0.3 is 5.32 Å². The Balaban J connectivity index is 2.04. The molecule has 0 radical (unpaired) electrons. The van der Waals surface area contributed by atoms with Crippen molar-refractivity contribution < 1.29 is 8.42 Å². The van der Waals surface area contributed by atoms with Gasteiger partial charge in [-0.05, 0) is 43.5 Å². The standard InChI is InChI=1S/C15H24N2O2S/c1-12-11-14(9-10-15(12)17-20(2,18)19)16-13-7-5-3-4-6-8-13/h9-11,13,16-17H,3-8H2,1-2H3. The monoisotopic (exact) mass is 296 g/mol. The highest BCUT2D eigenvalue weighted by molar-refractivity contribution is 7.92. The number of aryl methyl sites for hydroxylation is 1. The third kappa shape index (κ3) is 4.71. The van der Waals surface area contributed by atoms with E-state index in [1.54, 1.807) is 0 Å². The van der Waals surface area contributed by atoms with Gasteiger partial charge in [0.1, 0.15) is 0 Å². The quantitative estimate of drug-likeness (QED) is 0.836. The van der Waals surface area contributed by atoms with E-state index in [0.717, 1.165) is 11.3 Å². The Labute approximate surface area is 122 Å². The lowest BCUT2D eigenvalue weighted by atomic mass is 10.1. The zero-order chi connectivity index (χ0) is 14.6.